The highest BCUT2D eigenvalue weighted by Gasteiger charge is 2.09. The summed E-state index contributed by atoms with van der Waals surface area (Å²) in [5.41, 5.74) is 1.63. The molecule has 1 aromatic carbocycles. The van der Waals surface area contributed by atoms with Crippen LogP contribution in [0.1, 0.15) is 10.4 Å². The Labute approximate surface area is 143 Å². The van der Waals surface area contributed by atoms with Crippen molar-refractivity contribution in [1.82, 2.24) is 14.5 Å². The first-order chi connectivity index (χ1) is 12.2. The predicted octanol–water partition coefficient (Wildman–Crippen LogP) is 2.70. The standard InChI is InChI=1S/C17H15N5O3/c1-25-17(24)21-14-4-2-13(3-5-14)20-16(23)12-6-7-19-15(10-12)22-9-8-18-11-22/h2-11H,1H3,(H,20,23)(H,21,24). The fraction of sp³-hybridized carbons (Fsp3) is 0.0588. The summed E-state index contributed by atoms with van der Waals surface area (Å²) >= 11 is 0. The van der Waals surface area contributed by atoms with Gasteiger partial charge in [0.25, 0.3) is 5.91 Å². The molecule has 3 rings (SSSR count). The van der Waals surface area contributed by atoms with Crippen molar-refractivity contribution >= 4 is 23.4 Å². The lowest BCUT2D eigenvalue weighted by atomic mass is 10.2. The first-order valence-corrected chi connectivity index (χ1v) is 7.36. The number of methoxy groups -OCH3 is 1. The Morgan fingerprint density at radius 3 is 2.40 bits per heavy atom. The maximum atomic E-state index is 12.4. The number of ether oxygens (including phenoxy) is 1. The summed E-state index contributed by atoms with van der Waals surface area (Å²) in [5.74, 6) is 0.334. The molecule has 0 unspecified atom stereocenters. The van der Waals surface area contributed by atoms with Crippen molar-refractivity contribution in [3.05, 3.63) is 66.9 Å². The SMILES string of the molecule is COC(=O)Nc1ccc(NC(=O)c2ccnc(-n3ccnc3)c2)cc1. The summed E-state index contributed by atoms with van der Waals surface area (Å²) in [6.07, 6.45) is 6.00. The lowest BCUT2D eigenvalue weighted by Crippen LogP contribution is -2.13. The quantitative estimate of drug-likeness (QED) is 0.763. The monoisotopic (exact) mass is 337 g/mol. The molecule has 2 N–H and O–H groups in total. The van der Waals surface area contributed by atoms with Crippen molar-refractivity contribution in [2.75, 3.05) is 17.7 Å². The van der Waals surface area contributed by atoms with E-state index in [2.05, 4.69) is 25.3 Å². The van der Waals surface area contributed by atoms with Gasteiger partial charge in [-0.1, -0.05) is 0 Å². The van der Waals surface area contributed by atoms with E-state index in [0.29, 0.717) is 22.8 Å². The van der Waals surface area contributed by atoms with Gasteiger partial charge in [-0.15, -0.1) is 0 Å². The lowest BCUT2D eigenvalue weighted by Gasteiger charge is -2.08. The topological polar surface area (TPSA) is 98.1 Å². The van der Waals surface area contributed by atoms with E-state index in [4.69, 9.17) is 0 Å². The van der Waals surface area contributed by atoms with Crippen LogP contribution in [-0.4, -0.2) is 33.6 Å². The summed E-state index contributed by atoms with van der Waals surface area (Å²) < 4.78 is 6.23. The average molecular weight is 337 g/mol. The van der Waals surface area contributed by atoms with Gasteiger partial charge in [0, 0.05) is 35.5 Å². The second kappa shape index (κ2) is 7.26. The zero-order chi connectivity index (χ0) is 17.6. The zero-order valence-electron chi connectivity index (χ0n) is 13.3. The number of carbonyl (C=O) groups excluding carboxylic acids is 2. The number of pyridine rings is 1. The van der Waals surface area contributed by atoms with E-state index >= 15 is 0 Å². The maximum Gasteiger partial charge on any atom is 0.411 e. The number of aromatic nitrogens is 3. The highest BCUT2D eigenvalue weighted by molar-refractivity contribution is 6.04. The Morgan fingerprint density at radius 2 is 1.76 bits per heavy atom. The van der Waals surface area contributed by atoms with Crippen molar-refractivity contribution < 1.29 is 14.3 Å². The summed E-state index contributed by atoms with van der Waals surface area (Å²) in [6, 6.07) is 9.99. The molecular formula is C17H15N5O3. The van der Waals surface area contributed by atoms with Crippen LogP contribution in [-0.2, 0) is 4.74 Å². The molecule has 8 heteroatoms. The Balaban J connectivity index is 1.70. The van der Waals surface area contributed by atoms with Gasteiger partial charge in [0.1, 0.15) is 12.1 Å². The number of nitrogens with one attached hydrogen (secondary N) is 2. The van der Waals surface area contributed by atoms with Crippen molar-refractivity contribution in [2.45, 2.75) is 0 Å². The largest absolute Gasteiger partial charge is 0.453 e. The molecule has 8 nitrogen and oxygen atoms in total. The Kier molecular flexibility index (Phi) is 4.70. The van der Waals surface area contributed by atoms with Gasteiger partial charge >= 0.3 is 6.09 Å². The summed E-state index contributed by atoms with van der Waals surface area (Å²) in [7, 11) is 1.29. The molecule has 0 saturated carbocycles. The highest BCUT2D eigenvalue weighted by Crippen LogP contribution is 2.15. The van der Waals surface area contributed by atoms with Crippen molar-refractivity contribution in [1.29, 1.82) is 0 Å². The Bertz CT molecular complexity index is 876. The van der Waals surface area contributed by atoms with Gasteiger partial charge in [0.05, 0.1) is 7.11 Å². The zero-order valence-corrected chi connectivity index (χ0v) is 13.3. The fourth-order valence-electron chi connectivity index (χ4n) is 2.10. The van der Waals surface area contributed by atoms with Crippen LogP contribution in [0.2, 0.25) is 0 Å². The third kappa shape index (κ3) is 3.99. The third-order valence-corrected chi connectivity index (χ3v) is 3.35. The van der Waals surface area contributed by atoms with Gasteiger partial charge in [0.15, 0.2) is 0 Å². The van der Waals surface area contributed by atoms with Gasteiger partial charge in [0.2, 0.25) is 0 Å². The van der Waals surface area contributed by atoms with E-state index < -0.39 is 6.09 Å². The molecule has 0 aliphatic heterocycles. The van der Waals surface area contributed by atoms with E-state index in [9.17, 15) is 9.59 Å². The van der Waals surface area contributed by atoms with Crippen LogP contribution in [0, 0.1) is 0 Å². The number of anilines is 2. The smallest absolute Gasteiger partial charge is 0.411 e. The third-order valence-electron chi connectivity index (χ3n) is 3.35. The minimum absolute atomic E-state index is 0.266. The van der Waals surface area contributed by atoms with E-state index in [0.717, 1.165) is 0 Å². The van der Waals surface area contributed by atoms with Gasteiger partial charge in [-0.3, -0.25) is 14.7 Å². The molecule has 126 valence electrons. The van der Waals surface area contributed by atoms with Crippen LogP contribution in [0.15, 0.2) is 61.3 Å². The van der Waals surface area contributed by atoms with Crippen LogP contribution >= 0.6 is 0 Å². The van der Waals surface area contributed by atoms with Crippen LogP contribution in [0.5, 0.6) is 0 Å². The lowest BCUT2D eigenvalue weighted by molar-refractivity contribution is 0.102. The molecule has 25 heavy (non-hydrogen) atoms. The number of nitrogens with zero attached hydrogens (tertiary/aromatic N) is 3. The molecule has 2 heterocycles. The van der Waals surface area contributed by atoms with Gasteiger partial charge in [-0.2, -0.15) is 0 Å². The van der Waals surface area contributed by atoms with Crippen LogP contribution < -0.4 is 10.6 Å². The maximum absolute atomic E-state index is 12.4. The van der Waals surface area contributed by atoms with Crippen LogP contribution in [0.4, 0.5) is 16.2 Å². The average Bonchev–Trinajstić information content (AvgIpc) is 3.18. The molecule has 0 bridgehead atoms. The molecule has 3 aromatic rings. The minimum atomic E-state index is -0.555. The summed E-state index contributed by atoms with van der Waals surface area (Å²) in [4.78, 5) is 31.7. The molecule has 0 fully saturated rings. The normalized spacial score (nSPS) is 10.1. The number of carbonyl (C=O) groups is 2. The Hall–Kier alpha value is -3.68. The highest BCUT2D eigenvalue weighted by atomic mass is 16.5. The number of hydrogen-bond donors (Lipinski definition) is 2. The second-order valence-electron chi connectivity index (χ2n) is 5.02. The van der Waals surface area contributed by atoms with E-state index in [1.165, 1.54) is 7.11 Å². The van der Waals surface area contributed by atoms with Crippen LogP contribution in [0.3, 0.4) is 0 Å². The number of hydrogen-bond acceptors (Lipinski definition) is 5. The first kappa shape index (κ1) is 16.2. The summed E-state index contributed by atoms with van der Waals surface area (Å²) in [6.45, 7) is 0. The van der Waals surface area contributed by atoms with Gasteiger partial charge in [-0.05, 0) is 36.4 Å². The molecule has 0 radical (unpaired) electrons. The number of benzene rings is 1. The van der Waals surface area contributed by atoms with Crippen LogP contribution in [0.25, 0.3) is 5.82 Å². The van der Waals surface area contributed by atoms with Crippen molar-refractivity contribution in [3.63, 3.8) is 0 Å². The molecule has 0 spiro atoms. The summed E-state index contributed by atoms with van der Waals surface area (Å²) in [5, 5.41) is 5.33. The van der Waals surface area contributed by atoms with Crippen molar-refractivity contribution in [2.24, 2.45) is 0 Å². The predicted molar refractivity (Wildman–Crippen MR) is 91.8 cm³/mol. The molecule has 0 atom stereocenters. The minimum Gasteiger partial charge on any atom is -0.453 e. The molecule has 0 aliphatic rings. The van der Waals surface area contributed by atoms with E-state index in [1.54, 1.807) is 65.9 Å². The molecule has 0 saturated heterocycles. The number of amides is 2. The number of rotatable bonds is 4. The van der Waals surface area contributed by atoms with Crippen molar-refractivity contribution in [3.8, 4) is 5.82 Å². The molecular weight excluding hydrogens is 322 g/mol. The number of imidazole rings is 1. The fourth-order valence-corrected chi connectivity index (χ4v) is 2.10. The first-order valence-electron chi connectivity index (χ1n) is 7.36. The Morgan fingerprint density at radius 1 is 1.04 bits per heavy atom. The van der Waals surface area contributed by atoms with Gasteiger partial charge < -0.3 is 10.1 Å². The molecule has 2 aromatic heterocycles. The molecule has 0 aliphatic carbocycles. The van der Waals surface area contributed by atoms with E-state index in [-0.39, 0.29) is 5.91 Å². The second-order valence-corrected chi connectivity index (χ2v) is 5.02. The van der Waals surface area contributed by atoms with Gasteiger partial charge in [-0.25, -0.2) is 14.8 Å². The molecule has 2 amide bonds. The van der Waals surface area contributed by atoms with E-state index in [1.807, 2.05) is 0 Å².